The van der Waals surface area contributed by atoms with Gasteiger partial charge in [0.25, 0.3) is 0 Å². The van der Waals surface area contributed by atoms with E-state index in [2.05, 4.69) is 9.47 Å². The fourth-order valence-corrected chi connectivity index (χ4v) is 2.38. The fourth-order valence-electron chi connectivity index (χ4n) is 1.68. The van der Waals surface area contributed by atoms with Gasteiger partial charge in [-0.3, -0.25) is 4.79 Å². The summed E-state index contributed by atoms with van der Waals surface area (Å²) in [6.07, 6.45) is -5.81. The molecule has 4 nitrogen and oxygen atoms in total. The zero-order valence-electron chi connectivity index (χ0n) is 11.9. The molecule has 0 aliphatic carbocycles. The summed E-state index contributed by atoms with van der Waals surface area (Å²) < 4.78 is 82.7. The summed E-state index contributed by atoms with van der Waals surface area (Å²) in [5.74, 6) is -1.87. The number of esters is 1. The molecule has 1 rings (SSSR count). The van der Waals surface area contributed by atoms with Crippen LogP contribution in [-0.4, -0.2) is 24.4 Å². The normalized spacial score (nSPS) is 11.8. The molecule has 132 valence electrons. The van der Waals surface area contributed by atoms with Crippen molar-refractivity contribution in [3.05, 3.63) is 23.3 Å². The maximum absolute atomic E-state index is 12.5. The minimum Gasteiger partial charge on any atom is -0.466 e. The molecule has 0 fully saturated rings. The lowest BCUT2D eigenvalue weighted by Crippen LogP contribution is -2.18. The summed E-state index contributed by atoms with van der Waals surface area (Å²) in [7, 11) is 0. The highest BCUT2D eigenvalue weighted by molar-refractivity contribution is 8.00. The van der Waals surface area contributed by atoms with Gasteiger partial charge in [-0.1, -0.05) is 0 Å². The number of hydrogen-bond donors (Lipinski definition) is 0. The molecule has 24 heavy (non-hydrogen) atoms. The molecule has 0 saturated heterocycles. The third-order valence-electron chi connectivity index (χ3n) is 2.37. The highest BCUT2D eigenvalue weighted by atomic mass is 32.2. The molecule has 0 atom stereocenters. The molecule has 0 N–H and O–H groups in total. The Morgan fingerprint density at radius 2 is 1.88 bits per heavy atom. The molecule has 0 aliphatic heterocycles. The van der Waals surface area contributed by atoms with Crippen LogP contribution in [0.2, 0.25) is 0 Å². The van der Waals surface area contributed by atoms with Crippen molar-refractivity contribution in [1.29, 1.82) is 5.26 Å². The van der Waals surface area contributed by atoms with E-state index in [4.69, 9.17) is 5.26 Å². The Hall–Kier alpha value is -2.09. The second-order valence-electron chi connectivity index (χ2n) is 4.14. The number of ether oxygens (including phenoxy) is 2. The molecule has 0 unspecified atom stereocenters. The van der Waals surface area contributed by atoms with Crippen molar-refractivity contribution in [3.8, 4) is 11.8 Å². The van der Waals surface area contributed by atoms with Crippen LogP contribution >= 0.6 is 11.8 Å². The molecule has 0 aliphatic rings. The average molecular weight is 373 g/mol. The molecule has 0 saturated carbocycles. The van der Waals surface area contributed by atoms with E-state index in [1.807, 2.05) is 0 Å². The predicted molar refractivity (Wildman–Crippen MR) is 70.1 cm³/mol. The van der Waals surface area contributed by atoms with E-state index in [0.717, 1.165) is 0 Å². The number of nitrogens with zero attached hydrogens (tertiary/aromatic N) is 1. The number of nitriles is 1. The third-order valence-corrected chi connectivity index (χ3v) is 3.14. The number of hydrogen-bond acceptors (Lipinski definition) is 5. The first-order valence-corrected chi connectivity index (χ1v) is 7.01. The van der Waals surface area contributed by atoms with Gasteiger partial charge in [0, 0.05) is 4.90 Å². The molecule has 1 aromatic rings. The van der Waals surface area contributed by atoms with Crippen LogP contribution in [-0.2, 0) is 16.0 Å². The van der Waals surface area contributed by atoms with Crippen LogP contribution in [0.4, 0.5) is 26.3 Å². The Balaban J connectivity index is 3.37. The van der Waals surface area contributed by atoms with Gasteiger partial charge in [-0.25, -0.2) is 0 Å². The first-order valence-electron chi connectivity index (χ1n) is 6.19. The average Bonchev–Trinajstić information content (AvgIpc) is 2.34. The van der Waals surface area contributed by atoms with E-state index < -0.39 is 52.2 Å². The molecule has 11 heteroatoms. The van der Waals surface area contributed by atoms with Crippen molar-refractivity contribution in [2.75, 3.05) is 6.61 Å². The Kier molecular flexibility index (Phi) is 6.36. The van der Waals surface area contributed by atoms with Gasteiger partial charge in [0.1, 0.15) is 11.8 Å². The highest BCUT2D eigenvalue weighted by Gasteiger charge is 2.34. The maximum Gasteiger partial charge on any atom is 0.573 e. The van der Waals surface area contributed by atoms with Crippen molar-refractivity contribution in [2.24, 2.45) is 0 Å². The minimum absolute atomic E-state index is 0.0381. The van der Waals surface area contributed by atoms with Crippen LogP contribution < -0.4 is 4.74 Å². The Morgan fingerprint density at radius 3 is 2.33 bits per heavy atom. The van der Waals surface area contributed by atoms with E-state index in [1.54, 1.807) is 0 Å². The Labute approximate surface area is 136 Å². The fraction of sp³-hybridized carbons (Fsp3) is 0.385. The molecular formula is C13H9F6NO3S. The molecule has 1 aromatic carbocycles. The number of halogens is 6. The molecule has 0 bridgehead atoms. The lowest BCUT2D eigenvalue weighted by molar-refractivity contribution is -0.274. The van der Waals surface area contributed by atoms with Gasteiger partial charge in [-0.2, -0.15) is 18.4 Å². The third kappa shape index (κ3) is 6.57. The van der Waals surface area contributed by atoms with Gasteiger partial charge in [0.05, 0.1) is 18.6 Å². The predicted octanol–water partition coefficient (Wildman–Crippen LogP) is 4.17. The smallest absolute Gasteiger partial charge is 0.466 e. The number of carbonyl (C=O) groups excluding carboxylic acids is 1. The lowest BCUT2D eigenvalue weighted by atomic mass is 10.0. The molecule has 0 heterocycles. The summed E-state index contributed by atoms with van der Waals surface area (Å²) in [5, 5.41) is 9.02. The second kappa shape index (κ2) is 7.65. The quantitative estimate of drug-likeness (QED) is 0.440. The number of rotatable bonds is 5. The number of benzene rings is 1. The van der Waals surface area contributed by atoms with E-state index in [0.29, 0.717) is 12.1 Å². The van der Waals surface area contributed by atoms with Gasteiger partial charge < -0.3 is 9.47 Å². The SMILES string of the molecule is CCOC(=O)Cc1cc(OC(F)(F)F)cc(SC(F)(F)F)c1C#N. The Morgan fingerprint density at radius 1 is 1.25 bits per heavy atom. The molecule has 0 spiro atoms. The summed E-state index contributed by atoms with van der Waals surface area (Å²) >= 11 is -0.775. The van der Waals surface area contributed by atoms with Gasteiger partial charge in [-0.05, 0) is 36.4 Å². The van der Waals surface area contributed by atoms with Crippen LogP contribution in [0.3, 0.4) is 0 Å². The van der Waals surface area contributed by atoms with Crippen molar-refractivity contribution in [1.82, 2.24) is 0 Å². The van der Waals surface area contributed by atoms with Gasteiger partial charge in [0.15, 0.2) is 0 Å². The van der Waals surface area contributed by atoms with Gasteiger partial charge in [-0.15, -0.1) is 13.2 Å². The molecular weight excluding hydrogens is 364 g/mol. The zero-order valence-corrected chi connectivity index (χ0v) is 12.7. The van der Waals surface area contributed by atoms with Crippen LogP contribution in [0, 0.1) is 11.3 Å². The first-order chi connectivity index (χ1) is 10.9. The second-order valence-corrected chi connectivity index (χ2v) is 5.25. The number of thioether (sulfide) groups is 1. The Bertz CT molecular complexity index is 651. The van der Waals surface area contributed by atoms with Crippen molar-refractivity contribution in [2.45, 2.75) is 30.1 Å². The minimum atomic E-state index is -5.14. The van der Waals surface area contributed by atoms with Crippen LogP contribution in [0.25, 0.3) is 0 Å². The van der Waals surface area contributed by atoms with E-state index in [-0.39, 0.29) is 12.2 Å². The van der Waals surface area contributed by atoms with Crippen LogP contribution in [0.15, 0.2) is 17.0 Å². The number of carbonyl (C=O) groups is 1. The van der Waals surface area contributed by atoms with Crippen molar-refractivity contribution < 1.29 is 40.6 Å². The lowest BCUT2D eigenvalue weighted by Gasteiger charge is -2.15. The largest absolute Gasteiger partial charge is 0.573 e. The zero-order chi connectivity index (χ0) is 18.5. The first kappa shape index (κ1) is 20.0. The highest BCUT2D eigenvalue weighted by Crippen LogP contribution is 2.41. The summed E-state index contributed by atoms with van der Waals surface area (Å²) in [6.45, 7) is 1.43. The van der Waals surface area contributed by atoms with E-state index in [1.165, 1.54) is 13.0 Å². The van der Waals surface area contributed by atoms with Crippen LogP contribution in [0.1, 0.15) is 18.1 Å². The van der Waals surface area contributed by atoms with E-state index >= 15 is 0 Å². The standard InChI is InChI=1S/C13H9F6NO3S/c1-2-22-11(21)4-7-3-8(23-12(14,15)16)5-10(9(7)6-20)24-13(17,18)19/h3,5H,2,4H2,1H3. The van der Waals surface area contributed by atoms with Gasteiger partial charge >= 0.3 is 17.8 Å². The number of alkyl halides is 6. The van der Waals surface area contributed by atoms with E-state index in [9.17, 15) is 31.1 Å². The van der Waals surface area contributed by atoms with Crippen molar-refractivity contribution >= 4 is 17.7 Å². The van der Waals surface area contributed by atoms with Gasteiger partial charge in [0.2, 0.25) is 0 Å². The van der Waals surface area contributed by atoms with Crippen LogP contribution in [0.5, 0.6) is 5.75 Å². The summed E-state index contributed by atoms with van der Waals surface area (Å²) in [6, 6.07) is 2.59. The molecule has 0 radical (unpaired) electrons. The molecule has 0 aromatic heterocycles. The van der Waals surface area contributed by atoms with Crippen molar-refractivity contribution in [3.63, 3.8) is 0 Å². The maximum atomic E-state index is 12.5. The topological polar surface area (TPSA) is 59.3 Å². The summed E-state index contributed by atoms with van der Waals surface area (Å²) in [5.41, 5.74) is -5.77. The summed E-state index contributed by atoms with van der Waals surface area (Å²) in [4.78, 5) is 10.7. The molecule has 0 amide bonds. The monoisotopic (exact) mass is 373 g/mol.